The minimum absolute atomic E-state index is 0.298. The van der Waals surface area contributed by atoms with Crippen molar-refractivity contribution in [2.45, 2.75) is 58.4 Å². The van der Waals surface area contributed by atoms with Crippen LogP contribution < -0.4 is 10.1 Å². The van der Waals surface area contributed by atoms with Gasteiger partial charge in [-0.3, -0.25) is 4.68 Å². The zero-order valence-electron chi connectivity index (χ0n) is 13.5. The maximum absolute atomic E-state index is 5.49. The minimum atomic E-state index is 0.298. The quantitative estimate of drug-likeness (QED) is 0.718. The standard InChI is InChI=1S/C15H29N3OS/c1-6-9-16-13(11-20-12(4)7-2)15-14(19-5)10-17-18(15)8-3/h10,12-13,16H,6-9,11H2,1-5H3. The van der Waals surface area contributed by atoms with Crippen LogP contribution in [-0.2, 0) is 6.54 Å². The van der Waals surface area contributed by atoms with Crippen LogP contribution in [0.15, 0.2) is 6.20 Å². The monoisotopic (exact) mass is 299 g/mol. The summed E-state index contributed by atoms with van der Waals surface area (Å²) in [6, 6.07) is 0.298. The summed E-state index contributed by atoms with van der Waals surface area (Å²) in [6.07, 6.45) is 4.16. The van der Waals surface area contributed by atoms with E-state index in [4.69, 9.17) is 4.74 Å². The average Bonchev–Trinajstić information content (AvgIpc) is 2.89. The first-order valence-electron chi connectivity index (χ1n) is 7.62. The molecule has 0 saturated carbocycles. The van der Waals surface area contributed by atoms with E-state index in [1.165, 1.54) is 12.1 Å². The van der Waals surface area contributed by atoms with Crippen molar-refractivity contribution in [1.29, 1.82) is 0 Å². The molecule has 0 saturated heterocycles. The molecule has 0 radical (unpaired) electrons. The van der Waals surface area contributed by atoms with E-state index in [1.807, 2.05) is 22.6 Å². The van der Waals surface area contributed by atoms with E-state index in [0.29, 0.717) is 11.3 Å². The number of thioether (sulfide) groups is 1. The molecule has 116 valence electrons. The largest absolute Gasteiger partial charge is 0.493 e. The maximum atomic E-state index is 5.49. The molecule has 2 unspecified atom stereocenters. The van der Waals surface area contributed by atoms with Crippen molar-refractivity contribution < 1.29 is 4.74 Å². The summed E-state index contributed by atoms with van der Waals surface area (Å²) in [5, 5.41) is 8.75. The van der Waals surface area contributed by atoms with E-state index in [-0.39, 0.29) is 0 Å². The second-order valence-corrected chi connectivity index (χ2v) is 6.44. The summed E-state index contributed by atoms with van der Waals surface area (Å²) in [4.78, 5) is 0. The highest BCUT2D eigenvalue weighted by atomic mass is 32.2. The van der Waals surface area contributed by atoms with Crippen molar-refractivity contribution in [3.63, 3.8) is 0 Å². The summed E-state index contributed by atoms with van der Waals surface area (Å²) in [7, 11) is 1.72. The van der Waals surface area contributed by atoms with Crippen LogP contribution in [0.4, 0.5) is 0 Å². The molecule has 20 heavy (non-hydrogen) atoms. The third-order valence-electron chi connectivity index (χ3n) is 3.46. The zero-order valence-corrected chi connectivity index (χ0v) is 14.3. The van der Waals surface area contributed by atoms with E-state index in [1.54, 1.807) is 7.11 Å². The maximum Gasteiger partial charge on any atom is 0.161 e. The SMILES string of the molecule is CCCNC(CSC(C)CC)c1c(OC)cnn1CC. The number of aromatic nitrogens is 2. The van der Waals surface area contributed by atoms with Crippen LogP contribution in [0, 0.1) is 0 Å². The molecule has 2 atom stereocenters. The average molecular weight is 299 g/mol. The van der Waals surface area contributed by atoms with Gasteiger partial charge in [0.1, 0.15) is 0 Å². The Morgan fingerprint density at radius 2 is 2.15 bits per heavy atom. The van der Waals surface area contributed by atoms with Gasteiger partial charge in [-0.15, -0.1) is 0 Å². The van der Waals surface area contributed by atoms with Gasteiger partial charge in [-0.2, -0.15) is 16.9 Å². The number of methoxy groups -OCH3 is 1. The molecule has 0 bridgehead atoms. The summed E-state index contributed by atoms with van der Waals surface area (Å²) in [5.41, 5.74) is 1.18. The zero-order chi connectivity index (χ0) is 15.0. The Kier molecular flexibility index (Phi) is 8.07. The molecule has 0 amide bonds. The van der Waals surface area contributed by atoms with Gasteiger partial charge in [0.05, 0.1) is 25.0 Å². The van der Waals surface area contributed by atoms with Crippen molar-refractivity contribution in [3.8, 4) is 5.75 Å². The number of nitrogens with one attached hydrogen (secondary N) is 1. The van der Waals surface area contributed by atoms with Gasteiger partial charge in [0.25, 0.3) is 0 Å². The molecule has 1 aromatic heterocycles. The number of rotatable bonds is 10. The summed E-state index contributed by atoms with van der Waals surface area (Å²) < 4.78 is 7.53. The predicted octanol–water partition coefficient (Wildman–Crippen LogP) is 3.48. The molecule has 5 heteroatoms. The smallest absolute Gasteiger partial charge is 0.161 e. The predicted molar refractivity (Wildman–Crippen MR) is 87.7 cm³/mol. The second kappa shape index (κ2) is 9.29. The Bertz CT molecular complexity index is 360. The van der Waals surface area contributed by atoms with Crippen molar-refractivity contribution in [2.75, 3.05) is 19.4 Å². The third kappa shape index (κ3) is 4.70. The van der Waals surface area contributed by atoms with Gasteiger partial charge in [-0.1, -0.05) is 20.8 Å². The summed E-state index contributed by atoms with van der Waals surface area (Å²) in [5.74, 6) is 1.95. The van der Waals surface area contributed by atoms with Gasteiger partial charge in [-0.05, 0) is 26.3 Å². The molecular formula is C15H29N3OS. The fourth-order valence-corrected chi connectivity index (χ4v) is 3.10. The normalized spacial score (nSPS) is 14.2. The van der Waals surface area contributed by atoms with Crippen LogP contribution >= 0.6 is 11.8 Å². The highest BCUT2D eigenvalue weighted by Crippen LogP contribution is 2.29. The van der Waals surface area contributed by atoms with Gasteiger partial charge < -0.3 is 10.1 Å². The topological polar surface area (TPSA) is 39.1 Å². The Morgan fingerprint density at radius 1 is 1.40 bits per heavy atom. The Balaban J connectivity index is 2.87. The number of ether oxygens (including phenoxy) is 1. The Morgan fingerprint density at radius 3 is 2.70 bits per heavy atom. The number of hydrogen-bond donors (Lipinski definition) is 1. The van der Waals surface area contributed by atoms with E-state index >= 15 is 0 Å². The van der Waals surface area contributed by atoms with Crippen LogP contribution in [0.25, 0.3) is 0 Å². The van der Waals surface area contributed by atoms with Gasteiger partial charge >= 0.3 is 0 Å². The molecule has 4 nitrogen and oxygen atoms in total. The van der Waals surface area contributed by atoms with Gasteiger partial charge in [0.15, 0.2) is 5.75 Å². The first-order chi connectivity index (χ1) is 9.67. The molecule has 1 heterocycles. The van der Waals surface area contributed by atoms with Crippen molar-refractivity contribution >= 4 is 11.8 Å². The van der Waals surface area contributed by atoms with E-state index < -0.39 is 0 Å². The lowest BCUT2D eigenvalue weighted by Crippen LogP contribution is -2.27. The molecule has 0 aromatic carbocycles. The Labute approximate surface area is 127 Å². The molecule has 0 aliphatic rings. The number of nitrogens with zero attached hydrogens (tertiary/aromatic N) is 2. The molecule has 0 aliphatic heterocycles. The first kappa shape index (κ1) is 17.4. The van der Waals surface area contributed by atoms with E-state index in [2.05, 4.69) is 38.1 Å². The molecule has 1 aromatic rings. The van der Waals surface area contributed by atoms with Crippen LogP contribution in [0.5, 0.6) is 5.75 Å². The fourth-order valence-electron chi connectivity index (χ4n) is 2.07. The van der Waals surface area contributed by atoms with Gasteiger partial charge in [0.2, 0.25) is 0 Å². The van der Waals surface area contributed by atoms with Gasteiger partial charge in [0, 0.05) is 17.5 Å². The van der Waals surface area contributed by atoms with Gasteiger partial charge in [-0.25, -0.2) is 0 Å². The van der Waals surface area contributed by atoms with Crippen LogP contribution in [0.2, 0.25) is 0 Å². The highest BCUT2D eigenvalue weighted by Gasteiger charge is 2.21. The van der Waals surface area contributed by atoms with Crippen LogP contribution in [0.3, 0.4) is 0 Å². The first-order valence-corrected chi connectivity index (χ1v) is 8.67. The Hall–Kier alpha value is -0.680. The second-order valence-electron chi connectivity index (χ2n) is 4.97. The van der Waals surface area contributed by atoms with Crippen molar-refractivity contribution in [3.05, 3.63) is 11.9 Å². The number of hydrogen-bond acceptors (Lipinski definition) is 4. The molecule has 0 aliphatic carbocycles. The van der Waals surface area contributed by atoms with E-state index in [0.717, 1.165) is 31.0 Å². The minimum Gasteiger partial charge on any atom is -0.493 e. The van der Waals surface area contributed by atoms with Crippen LogP contribution in [-0.4, -0.2) is 34.4 Å². The lowest BCUT2D eigenvalue weighted by atomic mass is 10.2. The molecule has 0 spiro atoms. The van der Waals surface area contributed by atoms with E-state index in [9.17, 15) is 0 Å². The molecule has 0 fully saturated rings. The van der Waals surface area contributed by atoms with Crippen LogP contribution in [0.1, 0.15) is 52.3 Å². The molecule has 1 rings (SSSR count). The highest BCUT2D eigenvalue weighted by molar-refractivity contribution is 7.99. The molecule has 1 N–H and O–H groups in total. The van der Waals surface area contributed by atoms with Crippen molar-refractivity contribution in [2.24, 2.45) is 0 Å². The third-order valence-corrected chi connectivity index (χ3v) is 4.89. The lowest BCUT2D eigenvalue weighted by molar-refractivity contribution is 0.396. The number of aryl methyl sites for hydroxylation is 1. The van der Waals surface area contributed by atoms with Crippen molar-refractivity contribution in [1.82, 2.24) is 15.1 Å². The lowest BCUT2D eigenvalue weighted by Gasteiger charge is -2.22. The summed E-state index contributed by atoms with van der Waals surface area (Å²) in [6.45, 7) is 10.7. The summed E-state index contributed by atoms with van der Waals surface area (Å²) >= 11 is 2.01. The molecular weight excluding hydrogens is 270 g/mol. The fraction of sp³-hybridized carbons (Fsp3) is 0.800.